The van der Waals surface area contributed by atoms with E-state index >= 15 is 0 Å². The lowest BCUT2D eigenvalue weighted by Gasteiger charge is -2.26. The Hall–Kier alpha value is -2.15. The third-order valence-corrected chi connectivity index (χ3v) is 3.93. The molecule has 7 heteroatoms. The Kier molecular flexibility index (Phi) is 4.21. The van der Waals surface area contributed by atoms with Gasteiger partial charge in [0.1, 0.15) is 17.5 Å². The summed E-state index contributed by atoms with van der Waals surface area (Å²) in [6.07, 6.45) is 1.48. The number of rotatable bonds is 3. The number of carbonyl (C=O) groups is 1. The van der Waals surface area contributed by atoms with Crippen LogP contribution in [0.3, 0.4) is 0 Å². The van der Waals surface area contributed by atoms with Crippen LogP contribution in [0.25, 0.3) is 11.1 Å². The summed E-state index contributed by atoms with van der Waals surface area (Å²) in [5.74, 6) is 0.549. The van der Waals surface area contributed by atoms with E-state index in [0.29, 0.717) is 50.1 Å². The molecule has 7 nitrogen and oxygen atoms in total. The highest BCUT2D eigenvalue weighted by molar-refractivity contribution is 6.06. The number of aromatic nitrogens is 2. The van der Waals surface area contributed by atoms with Gasteiger partial charge in [-0.15, -0.1) is 0 Å². The van der Waals surface area contributed by atoms with Gasteiger partial charge >= 0.3 is 0 Å². The predicted molar refractivity (Wildman–Crippen MR) is 84.6 cm³/mol. The molecule has 0 aromatic carbocycles. The molecule has 2 aromatic rings. The van der Waals surface area contributed by atoms with E-state index in [2.05, 4.69) is 4.98 Å². The highest BCUT2D eigenvalue weighted by atomic mass is 16.5. The fourth-order valence-corrected chi connectivity index (χ4v) is 2.84. The number of carbonyl (C=O) groups excluding carboxylic acids is 1. The molecule has 0 saturated carbocycles. The van der Waals surface area contributed by atoms with Gasteiger partial charge in [0.15, 0.2) is 0 Å². The highest BCUT2D eigenvalue weighted by Gasteiger charge is 2.27. The minimum Gasteiger partial charge on any atom is -0.442 e. The first kappa shape index (κ1) is 15.7. The Labute approximate surface area is 133 Å². The van der Waals surface area contributed by atoms with Crippen molar-refractivity contribution in [3.63, 3.8) is 0 Å². The molecule has 1 aliphatic heterocycles. The molecule has 0 spiro atoms. The van der Waals surface area contributed by atoms with Crippen LogP contribution in [-0.4, -0.2) is 46.7 Å². The molecule has 0 unspecified atom stereocenters. The second-order valence-electron chi connectivity index (χ2n) is 6.21. The van der Waals surface area contributed by atoms with Crippen molar-refractivity contribution in [1.29, 1.82) is 0 Å². The van der Waals surface area contributed by atoms with Gasteiger partial charge in [-0.3, -0.25) is 14.2 Å². The molecule has 1 fully saturated rings. The molecule has 0 aliphatic carbocycles. The van der Waals surface area contributed by atoms with Crippen molar-refractivity contribution >= 4 is 17.0 Å². The summed E-state index contributed by atoms with van der Waals surface area (Å²) < 4.78 is 12.4. The number of hydrogen-bond donors (Lipinski definition) is 0. The first-order valence-electron chi connectivity index (χ1n) is 7.84. The average molecular weight is 319 g/mol. The van der Waals surface area contributed by atoms with Crippen molar-refractivity contribution in [2.24, 2.45) is 5.92 Å². The molecule has 23 heavy (non-hydrogen) atoms. The number of nitrogens with zero attached hydrogens (tertiary/aromatic N) is 3. The summed E-state index contributed by atoms with van der Waals surface area (Å²) in [7, 11) is 0. The van der Waals surface area contributed by atoms with Crippen LogP contribution >= 0.6 is 0 Å². The van der Waals surface area contributed by atoms with Gasteiger partial charge in [-0.1, -0.05) is 13.8 Å². The maximum absolute atomic E-state index is 12.8. The largest absolute Gasteiger partial charge is 0.442 e. The Morgan fingerprint density at radius 1 is 1.35 bits per heavy atom. The molecule has 0 atom stereocenters. The van der Waals surface area contributed by atoms with Gasteiger partial charge in [0.25, 0.3) is 11.5 Å². The number of ether oxygens (including phenoxy) is 1. The molecule has 3 rings (SSSR count). The van der Waals surface area contributed by atoms with Gasteiger partial charge in [-0.25, -0.2) is 4.98 Å². The first-order chi connectivity index (χ1) is 11.0. The van der Waals surface area contributed by atoms with E-state index in [0.717, 1.165) is 0 Å². The zero-order chi connectivity index (χ0) is 16.6. The maximum Gasteiger partial charge on any atom is 0.265 e. The lowest BCUT2D eigenvalue weighted by molar-refractivity contribution is 0.0303. The molecular formula is C16H21N3O4. The number of fused-ring (bicyclic) bond motifs is 1. The molecule has 1 amide bonds. The quantitative estimate of drug-likeness (QED) is 0.855. The van der Waals surface area contributed by atoms with E-state index in [1.54, 1.807) is 11.8 Å². The Bertz CT molecular complexity index is 784. The van der Waals surface area contributed by atoms with Crippen LogP contribution in [-0.2, 0) is 11.3 Å². The van der Waals surface area contributed by atoms with E-state index in [9.17, 15) is 9.59 Å². The molecule has 0 bridgehead atoms. The first-order valence-corrected chi connectivity index (χ1v) is 7.84. The van der Waals surface area contributed by atoms with Gasteiger partial charge in [-0.2, -0.15) is 0 Å². The summed E-state index contributed by atoms with van der Waals surface area (Å²) in [6, 6.07) is 0. The van der Waals surface area contributed by atoms with E-state index in [1.165, 1.54) is 10.9 Å². The molecule has 1 saturated heterocycles. The normalized spacial score (nSPS) is 15.6. The van der Waals surface area contributed by atoms with Gasteiger partial charge in [0, 0.05) is 19.6 Å². The topological polar surface area (TPSA) is 77.6 Å². The molecule has 1 aliphatic rings. The van der Waals surface area contributed by atoms with Crippen molar-refractivity contribution in [3.8, 4) is 0 Å². The van der Waals surface area contributed by atoms with Crippen molar-refractivity contribution in [3.05, 3.63) is 28.0 Å². The van der Waals surface area contributed by atoms with Gasteiger partial charge in [0.05, 0.1) is 18.8 Å². The number of hydrogen-bond acceptors (Lipinski definition) is 5. The van der Waals surface area contributed by atoms with Gasteiger partial charge in [-0.05, 0) is 12.8 Å². The second-order valence-corrected chi connectivity index (χ2v) is 6.21. The number of furan rings is 1. The molecule has 0 N–H and O–H groups in total. The minimum absolute atomic E-state index is 0.189. The van der Waals surface area contributed by atoms with Crippen molar-refractivity contribution in [1.82, 2.24) is 14.5 Å². The minimum atomic E-state index is -0.225. The van der Waals surface area contributed by atoms with E-state index < -0.39 is 0 Å². The third-order valence-electron chi connectivity index (χ3n) is 3.93. The van der Waals surface area contributed by atoms with E-state index in [1.807, 2.05) is 13.8 Å². The standard InChI is InChI=1S/C16H21N3O4/c1-10(2)8-19-9-17-14-13(16(19)21)12(11(3)23-14)15(20)18-4-6-22-7-5-18/h9-10H,4-8H2,1-3H3. The Balaban J connectivity index is 2.10. The van der Waals surface area contributed by atoms with E-state index in [-0.39, 0.29) is 22.6 Å². The summed E-state index contributed by atoms with van der Waals surface area (Å²) in [6.45, 7) is 8.36. The summed E-state index contributed by atoms with van der Waals surface area (Å²) in [4.78, 5) is 31.5. The lowest BCUT2D eigenvalue weighted by Crippen LogP contribution is -2.41. The van der Waals surface area contributed by atoms with Crippen LogP contribution in [0.4, 0.5) is 0 Å². The van der Waals surface area contributed by atoms with Crippen molar-refractivity contribution in [2.45, 2.75) is 27.3 Å². The Morgan fingerprint density at radius 2 is 2.04 bits per heavy atom. The fraction of sp³-hybridized carbons (Fsp3) is 0.562. The Morgan fingerprint density at radius 3 is 2.70 bits per heavy atom. The van der Waals surface area contributed by atoms with Crippen molar-refractivity contribution < 1.29 is 13.9 Å². The molecule has 0 radical (unpaired) electrons. The summed E-state index contributed by atoms with van der Waals surface area (Å²) in [5.41, 5.74) is 0.332. The van der Waals surface area contributed by atoms with Crippen LogP contribution in [0.1, 0.15) is 30.0 Å². The highest BCUT2D eigenvalue weighted by Crippen LogP contribution is 2.23. The number of aryl methyl sites for hydroxylation is 1. The number of morpholine rings is 1. The monoisotopic (exact) mass is 319 g/mol. The smallest absolute Gasteiger partial charge is 0.265 e. The summed E-state index contributed by atoms with van der Waals surface area (Å²) in [5, 5.41) is 0.280. The lowest BCUT2D eigenvalue weighted by atomic mass is 10.1. The predicted octanol–water partition coefficient (Wildman–Crippen LogP) is 1.43. The molecule has 3 heterocycles. The fourth-order valence-electron chi connectivity index (χ4n) is 2.84. The van der Waals surface area contributed by atoms with Crippen LogP contribution in [0.2, 0.25) is 0 Å². The van der Waals surface area contributed by atoms with Crippen LogP contribution in [0.5, 0.6) is 0 Å². The molecular weight excluding hydrogens is 298 g/mol. The second kappa shape index (κ2) is 6.16. The zero-order valence-electron chi connectivity index (χ0n) is 13.7. The zero-order valence-corrected chi connectivity index (χ0v) is 13.7. The third kappa shape index (κ3) is 2.88. The van der Waals surface area contributed by atoms with Crippen molar-refractivity contribution in [2.75, 3.05) is 26.3 Å². The van der Waals surface area contributed by atoms with Crippen LogP contribution in [0.15, 0.2) is 15.5 Å². The molecule has 2 aromatic heterocycles. The SMILES string of the molecule is Cc1oc2ncn(CC(C)C)c(=O)c2c1C(=O)N1CCOCC1. The maximum atomic E-state index is 12.8. The van der Waals surface area contributed by atoms with Gasteiger partial charge < -0.3 is 14.1 Å². The molecule has 124 valence electrons. The van der Waals surface area contributed by atoms with Crippen LogP contribution in [0, 0.1) is 12.8 Å². The van der Waals surface area contributed by atoms with Gasteiger partial charge in [0.2, 0.25) is 5.71 Å². The van der Waals surface area contributed by atoms with Crippen LogP contribution < -0.4 is 5.56 Å². The number of amides is 1. The van der Waals surface area contributed by atoms with E-state index in [4.69, 9.17) is 9.15 Å². The average Bonchev–Trinajstić information content (AvgIpc) is 2.87. The summed E-state index contributed by atoms with van der Waals surface area (Å²) >= 11 is 0.